The number of amides is 1. The van der Waals surface area contributed by atoms with Crippen LogP contribution in [0.3, 0.4) is 0 Å². The summed E-state index contributed by atoms with van der Waals surface area (Å²) >= 11 is 0. The summed E-state index contributed by atoms with van der Waals surface area (Å²) in [5, 5.41) is 10.4. The van der Waals surface area contributed by atoms with Crippen LogP contribution in [0.15, 0.2) is 60.9 Å². The van der Waals surface area contributed by atoms with Crippen molar-refractivity contribution in [1.29, 1.82) is 0 Å². The molecule has 0 saturated carbocycles. The summed E-state index contributed by atoms with van der Waals surface area (Å²) in [7, 11) is 1.76. The maximum absolute atomic E-state index is 13.0. The first-order valence-electron chi connectivity index (χ1n) is 9.75. The molecule has 156 valence electrons. The predicted octanol–water partition coefficient (Wildman–Crippen LogP) is 2.18. The zero-order chi connectivity index (χ0) is 21.3. The van der Waals surface area contributed by atoms with Crippen LogP contribution in [0.2, 0.25) is 0 Å². The number of nitrogens with zero attached hydrogens (tertiary/aromatic N) is 3. The van der Waals surface area contributed by atoms with Crippen molar-refractivity contribution >= 4 is 17.7 Å². The molecule has 0 spiro atoms. The van der Waals surface area contributed by atoms with Gasteiger partial charge in [-0.3, -0.25) is 24.6 Å². The Labute approximate surface area is 175 Å². The molecule has 0 aliphatic rings. The highest BCUT2D eigenvalue weighted by atomic mass is 16.5. The topological polar surface area (TPSA) is 98.1 Å². The Bertz CT molecular complexity index is 973. The van der Waals surface area contributed by atoms with Crippen LogP contribution in [0.4, 0.5) is 5.82 Å². The van der Waals surface area contributed by atoms with E-state index >= 15 is 0 Å². The molecule has 0 aliphatic heterocycles. The minimum Gasteiger partial charge on any atom is -0.465 e. The van der Waals surface area contributed by atoms with Crippen LogP contribution < -0.4 is 10.6 Å². The maximum atomic E-state index is 13.0. The summed E-state index contributed by atoms with van der Waals surface area (Å²) < 4.78 is 6.57. The van der Waals surface area contributed by atoms with Gasteiger partial charge < -0.3 is 10.1 Å². The lowest BCUT2D eigenvalue weighted by Gasteiger charge is -2.18. The highest BCUT2D eigenvalue weighted by molar-refractivity contribution is 5.95. The van der Waals surface area contributed by atoms with E-state index in [1.54, 1.807) is 37.1 Å². The third-order valence-corrected chi connectivity index (χ3v) is 4.50. The molecule has 0 fully saturated rings. The van der Waals surface area contributed by atoms with Crippen LogP contribution in [0, 0.1) is 0 Å². The lowest BCUT2D eigenvalue weighted by molar-refractivity contribution is -0.142. The number of anilines is 1. The largest absolute Gasteiger partial charge is 0.465 e. The van der Waals surface area contributed by atoms with Crippen molar-refractivity contribution < 1.29 is 14.3 Å². The number of hydrogen-bond donors (Lipinski definition) is 2. The highest BCUT2D eigenvalue weighted by Gasteiger charge is 2.21. The van der Waals surface area contributed by atoms with Gasteiger partial charge in [0.2, 0.25) is 5.91 Å². The molecule has 1 amide bonds. The van der Waals surface area contributed by atoms with Crippen molar-refractivity contribution in [2.24, 2.45) is 7.05 Å². The summed E-state index contributed by atoms with van der Waals surface area (Å²) in [5.41, 5.74) is 2.62. The van der Waals surface area contributed by atoms with Gasteiger partial charge in [0, 0.05) is 31.1 Å². The molecule has 2 N–H and O–H groups in total. The SMILES string of the molecule is CCOC(=O)CN[C@@H](Cc1ccccc1)C(=O)Nc1cc(-c2ccncc2)nn1C. The summed E-state index contributed by atoms with van der Waals surface area (Å²) in [6.07, 6.45) is 3.82. The number of hydrogen-bond acceptors (Lipinski definition) is 6. The van der Waals surface area contributed by atoms with Crippen molar-refractivity contribution in [3.8, 4) is 11.3 Å². The Hall–Kier alpha value is -3.52. The molecule has 0 bridgehead atoms. The fourth-order valence-electron chi connectivity index (χ4n) is 2.99. The Kier molecular flexibility index (Phi) is 7.29. The van der Waals surface area contributed by atoms with Crippen LogP contribution in [0.5, 0.6) is 0 Å². The third kappa shape index (κ3) is 5.74. The Morgan fingerprint density at radius 3 is 2.57 bits per heavy atom. The molecule has 0 aliphatic carbocycles. The van der Waals surface area contributed by atoms with Crippen molar-refractivity contribution in [2.45, 2.75) is 19.4 Å². The average molecular weight is 407 g/mol. The predicted molar refractivity (Wildman–Crippen MR) is 114 cm³/mol. The van der Waals surface area contributed by atoms with Gasteiger partial charge in [-0.25, -0.2) is 0 Å². The second-order valence-electron chi connectivity index (χ2n) is 6.69. The Balaban J connectivity index is 1.73. The van der Waals surface area contributed by atoms with Gasteiger partial charge in [-0.05, 0) is 31.0 Å². The molecule has 2 aromatic heterocycles. The molecular formula is C22H25N5O3. The minimum absolute atomic E-state index is 0.0492. The molecule has 0 radical (unpaired) electrons. The van der Waals surface area contributed by atoms with E-state index < -0.39 is 12.0 Å². The van der Waals surface area contributed by atoms with Gasteiger partial charge in [-0.1, -0.05) is 30.3 Å². The molecule has 3 aromatic rings. The van der Waals surface area contributed by atoms with Crippen LogP contribution >= 0.6 is 0 Å². The van der Waals surface area contributed by atoms with Crippen molar-refractivity contribution in [3.63, 3.8) is 0 Å². The van der Waals surface area contributed by atoms with Gasteiger partial charge in [-0.15, -0.1) is 0 Å². The van der Waals surface area contributed by atoms with E-state index in [2.05, 4.69) is 20.7 Å². The number of esters is 1. The number of pyridine rings is 1. The summed E-state index contributed by atoms with van der Waals surface area (Å²) in [6.45, 7) is 1.99. The monoisotopic (exact) mass is 407 g/mol. The average Bonchev–Trinajstić information content (AvgIpc) is 3.13. The quantitative estimate of drug-likeness (QED) is 0.528. The lowest BCUT2D eigenvalue weighted by Crippen LogP contribution is -2.44. The van der Waals surface area contributed by atoms with Crippen molar-refractivity contribution in [3.05, 3.63) is 66.5 Å². The fraction of sp³-hybridized carbons (Fsp3) is 0.273. The lowest BCUT2D eigenvalue weighted by atomic mass is 10.1. The second-order valence-corrected chi connectivity index (χ2v) is 6.69. The van der Waals surface area contributed by atoms with Gasteiger partial charge in [0.05, 0.1) is 24.9 Å². The first-order chi connectivity index (χ1) is 14.6. The van der Waals surface area contributed by atoms with E-state index in [9.17, 15) is 9.59 Å². The standard InChI is InChI=1S/C22H25N5O3/c1-3-30-21(28)15-24-19(13-16-7-5-4-6-8-16)22(29)25-20-14-18(26-27(20)2)17-9-11-23-12-10-17/h4-12,14,19,24H,3,13,15H2,1-2H3,(H,25,29)/t19-/m0/s1. The van der Waals surface area contributed by atoms with Crippen LogP contribution in [-0.2, 0) is 27.8 Å². The van der Waals surface area contributed by atoms with Gasteiger partial charge in [-0.2, -0.15) is 5.10 Å². The number of carbonyl (C=O) groups is 2. The third-order valence-electron chi connectivity index (χ3n) is 4.50. The van der Waals surface area contributed by atoms with E-state index in [-0.39, 0.29) is 12.5 Å². The normalized spacial score (nSPS) is 11.7. The van der Waals surface area contributed by atoms with Crippen molar-refractivity contribution in [2.75, 3.05) is 18.5 Å². The van der Waals surface area contributed by atoms with Gasteiger partial charge in [0.15, 0.2) is 0 Å². The zero-order valence-corrected chi connectivity index (χ0v) is 17.0. The van der Waals surface area contributed by atoms with Crippen LogP contribution in [-0.4, -0.2) is 45.8 Å². The molecule has 30 heavy (non-hydrogen) atoms. The molecule has 8 nitrogen and oxygen atoms in total. The molecular weight excluding hydrogens is 382 g/mol. The van der Waals surface area contributed by atoms with E-state index in [0.29, 0.717) is 18.8 Å². The molecule has 1 aromatic carbocycles. The summed E-state index contributed by atoms with van der Waals surface area (Å²) in [5.74, 6) is -0.0980. The van der Waals surface area contributed by atoms with Crippen molar-refractivity contribution in [1.82, 2.24) is 20.1 Å². The number of aryl methyl sites for hydroxylation is 1. The van der Waals surface area contributed by atoms with Gasteiger partial charge in [0.25, 0.3) is 0 Å². The fourth-order valence-corrected chi connectivity index (χ4v) is 2.99. The number of nitrogens with one attached hydrogen (secondary N) is 2. The first kappa shape index (κ1) is 21.2. The van der Waals surface area contributed by atoms with Gasteiger partial charge >= 0.3 is 5.97 Å². The second kappa shape index (κ2) is 10.3. The summed E-state index contributed by atoms with van der Waals surface area (Å²) in [6, 6.07) is 14.5. The zero-order valence-electron chi connectivity index (χ0n) is 17.0. The van der Waals surface area contributed by atoms with Gasteiger partial charge in [0.1, 0.15) is 5.82 Å². The molecule has 0 unspecified atom stereocenters. The Morgan fingerprint density at radius 1 is 1.13 bits per heavy atom. The van der Waals surface area contributed by atoms with E-state index in [4.69, 9.17) is 4.74 Å². The first-order valence-corrected chi connectivity index (χ1v) is 9.75. The number of benzene rings is 1. The van der Waals surface area contributed by atoms with E-state index in [1.807, 2.05) is 42.5 Å². The van der Waals surface area contributed by atoms with E-state index in [1.165, 1.54) is 0 Å². The van der Waals surface area contributed by atoms with Crippen LogP contribution in [0.1, 0.15) is 12.5 Å². The maximum Gasteiger partial charge on any atom is 0.319 e. The molecule has 1 atom stereocenters. The molecule has 8 heteroatoms. The highest BCUT2D eigenvalue weighted by Crippen LogP contribution is 2.20. The number of rotatable bonds is 9. The molecule has 2 heterocycles. The van der Waals surface area contributed by atoms with Crippen LogP contribution in [0.25, 0.3) is 11.3 Å². The number of aromatic nitrogens is 3. The number of ether oxygens (including phenoxy) is 1. The molecule has 3 rings (SSSR count). The molecule has 0 saturated heterocycles. The smallest absolute Gasteiger partial charge is 0.319 e. The Morgan fingerprint density at radius 2 is 1.87 bits per heavy atom. The van der Waals surface area contributed by atoms with E-state index in [0.717, 1.165) is 16.8 Å². The minimum atomic E-state index is -0.615. The summed E-state index contributed by atoms with van der Waals surface area (Å²) in [4.78, 5) is 28.8. The number of carbonyl (C=O) groups excluding carboxylic acids is 2.